The van der Waals surface area contributed by atoms with Gasteiger partial charge in [0.1, 0.15) is 5.69 Å². The van der Waals surface area contributed by atoms with E-state index in [2.05, 4.69) is 0 Å². The van der Waals surface area contributed by atoms with E-state index in [1.54, 1.807) is 0 Å². The molecule has 0 radical (unpaired) electrons. The predicted molar refractivity (Wildman–Crippen MR) is 100 cm³/mol. The van der Waals surface area contributed by atoms with Gasteiger partial charge in [-0.1, -0.05) is 13.8 Å². The van der Waals surface area contributed by atoms with Crippen molar-refractivity contribution in [3.05, 3.63) is 28.3 Å². The van der Waals surface area contributed by atoms with Crippen LogP contribution in [0.2, 0.25) is 0 Å². The molecule has 1 saturated heterocycles. The Bertz CT molecular complexity index is 816. The molecule has 1 fully saturated rings. The van der Waals surface area contributed by atoms with Crippen LogP contribution in [-0.2, 0) is 14.8 Å². The number of piperidine rings is 1. The minimum atomic E-state index is -3.84. The summed E-state index contributed by atoms with van der Waals surface area (Å²) in [7, 11) is -2.30. The third kappa shape index (κ3) is 4.95. The molecule has 2 unspecified atom stereocenters. The number of carboxylic acid groups (broad SMARTS) is 1. The fraction of sp³-hybridized carbons (Fsp3) is 0.588. The quantitative estimate of drug-likeness (QED) is 0.551. The molecule has 1 heterocycles. The van der Waals surface area contributed by atoms with Gasteiger partial charge in [0, 0.05) is 32.7 Å². The van der Waals surface area contributed by atoms with Crippen LogP contribution in [0.3, 0.4) is 0 Å². The summed E-state index contributed by atoms with van der Waals surface area (Å²) in [6.45, 7) is 4.83. The number of nitro groups is 1. The lowest BCUT2D eigenvalue weighted by molar-refractivity contribution is -0.384. The van der Waals surface area contributed by atoms with Crippen molar-refractivity contribution in [1.29, 1.82) is 0 Å². The van der Waals surface area contributed by atoms with E-state index in [1.807, 2.05) is 13.8 Å². The zero-order valence-electron chi connectivity index (χ0n) is 15.7. The average Bonchev–Trinajstić information content (AvgIpc) is 2.58. The Morgan fingerprint density at radius 1 is 1.33 bits per heavy atom. The third-order valence-electron chi connectivity index (χ3n) is 4.69. The summed E-state index contributed by atoms with van der Waals surface area (Å²) in [6, 6.07) is 3.77. The fourth-order valence-corrected chi connectivity index (χ4v) is 5.17. The van der Waals surface area contributed by atoms with Gasteiger partial charge in [0.05, 0.1) is 16.2 Å². The molecule has 150 valence electrons. The van der Waals surface area contributed by atoms with Crippen LogP contribution in [0.25, 0.3) is 0 Å². The number of hydrogen-bond donors (Lipinski definition) is 1. The summed E-state index contributed by atoms with van der Waals surface area (Å²) < 4.78 is 27.3. The normalized spacial score (nSPS) is 21.0. The SMILES string of the molecule is CC1CC(C)CN(S(=O)(=O)c2ccc(N(C)CCC(=O)O)c([N+](=O)[O-])c2)C1. The third-order valence-corrected chi connectivity index (χ3v) is 6.52. The van der Waals surface area contributed by atoms with Crippen LogP contribution in [0.4, 0.5) is 11.4 Å². The number of nitro benzene ring substituents is 1. The molecule has 1 aromatic rings. The maximum atomic E-state index is 13.0. The van der Waals surface area contributed by atoms with Crippen LogP contribution < -0.4 is 4.90 Å². The van der Waals surface area contributed by atoms with E-state index in [0.29, 0.717) is 13.1 Å². The van der Waals surface area contributed by atoms with Crippen molar-refractivity contribution in [3.8, 4) is 0 Å². The van der Waals surface area contributed by atoms with Gasteiger partial charge in [-0.3, -0.25) is 14.9 Å². The van der Waals surface area contributed by atoms with Crippen molar-refractivity contribution < 1.29 is 23.2 Å². The van der Waals surface area contributed by atoms with E-state index in [0.717, 1.165) is 12.5 Å². The second-order valence-corrected chi connectivity index (χ2v) is 9.18. The standard InChI is InChI=1S/C17H25N3O6S/c1-12-8-13(2)11-19(10-12)27(25,26)14-4-5-15(16(9-14)20(23)24)18(3)7-6-17(21)22/h4-5,9,12-13H,6-8,10-11H2,1-3H3,(H,21,22). The van der Waals surface area contributed by atoms with Gasteiger partial charge in [-0.25, -0.2) is 8.42 Å². The molecule has 0 amide bonds. The predicted octanol–water partition coefficient (Wildman–Crippen LogP) is 2.17. The van der Waals surface area contributed by atoms with Crippen molar-refractivity contribution in [2.45, 2.75) is 31.6 Å². The van der Waals surface area contributed by atoms with Crippen LogP contribution >= 0.6 is 0 Å². The molecule has 0 aliphatic carbocycles. The molecule has 9 nitrogen and oxygen atoms in total. The topological polar surface area (TPSA) is 121 Å². The number of aliphatic carboxylic acids is 1. The van der Waals surface area contributed by atoms with Gasteiger partial charge in [-0.2, -0.15) is 4.31 Å². The average molecular weight is 399 g/mol. The van der Waals surface area contributed by atoms with Gasteiger partial charge in [0.2, 0.25) is 10.0 Å². The van der Waals surface area contributed by atoms with Crippen LogP contribution in [0, 0.1) is 22.0 Å². The smallest absolute Gasteiger partial charge is 0.305 e. The Hall–Kier alpha value is -2.20. The number of rotatable bonds is 7. The molecule has 2 rings (SSSR count). The van der Waals surface area contributed by atoms with E-state index in [4.69, 9.17) is 5.11 Å². The molecule has 0 spiro atoms. The number of carbonyl (C=O) groups is 1. The van der Waals surface area contributed by atoms with Crippen molar-refractivity contribution in [3.63, 3.8) is 0 Å². The summed E-state index contributed by atoms with van der Waals surface area (Å²) in [5, 5.41) is 20.3. The molecule has 1 aromatic carbocycles. The van der Waals surface area contributed by atoms with E-state index < -0.39 is 20.9 Å². The highest BCUT2D eigenvalue weighted by molar-refractivity contribution is 7.89. The van der Waals surface area contributed by atoms with E-state index >= 15 is 0 Å². The summed E-state index contributed by atoms with van der Waals surface area (Å²) in [4.78, 5) is 22.9. The number of sulfonamides is 1. The fourth-order valence-electron chi connectivity index (χ4n) is 3.47. The maximum absolute atomic E-state index is 13.0. The second-order valence-electron chi connectivity index (χ2n) is 7.24. The lowest BCUT2D eigenvalue weighted by Gasteiger charge is -2.34. The summed E-state index contributed by atoms with van der Waals surface area (Å²) in [6.07, 6.45) is 0.761. The molecule has 1 aliphatic rings. The Kier molecular flexibility index (Phi) is 6.42. The zero-order valence-corrected chi connectivity index (χ0v) is 16.5. The van der Waals surface area contributed by atoms with Gasteiger partial charge >= 0.3 is 5.97 Å². The first-order chi connectivity index (χ1) is 12.5. The first kappa shape index (κ1) is 21.1. The summed E-state index contributed by atoms with van der Waals surface area (Å²) in [5.41, 5.74) is -0.178. The van der Waals surface area contributed by atoms with E-state index in [9.17, 15) is 23.3 Å². The minimum Gasteiger partial charge on any atom is -0.481 e. The molecule has 1 aliphatic heterocycles. The van der Waals surface area contributed by atoms with Crippen molar-refractivity contribution in [2.75, 3.05) is 31.6 Å². The summed E-state index contributed by atoms with van der Waals surface area (Å²) in [5.74, 6) is -0.572. The van der Waals surface area contributed by atoms with Crippen LogP contribution in [0.15, 0.2) is 23.1 Å². The lowest BCUT2D eigenvalue weighted by atomic mass is 9.94. The molecule has 0 bridgehead atoms. The zero-order chi connectivity index (χ0) is 20.4. The molecule has 0 saturated carbocycles. The number of carboxylic acids is 1. The highest BCUT2D eigenvalue weighted by Crippen LogP contribution is 2.33. The molecule has 0 aromatic heterocycles. The van der Waals surface area contributed by atoms with Gasteiger partial charge in [-0.15, -0.1) is 0 Å². The van der Waals surface area contributed by atoms with Crippen LogP contribution in [0.1, 0.15) is 26.7 Å². The number of hydrogen-bond acceptors (Lipinski definition) is 6. The molecule has 10 heteroatoms. The summed E-state index contributed by atoms with van der Waals surface area (Å²) >= 11 is 0. The number of benzene rings is 1. The Labute approximate surface area is 158 Å². The highest BCUT2D eigenvalue weighted by atomic mass is 32.2. The van der Waals surface area contributed by atoms with E-state index in [-0.39, 0.29) is 41.1 Å². The molecule has 1 N–H and O–H groups in total. The first-order valence-corrected chi connectivity index (χ1v) is 10.2. The van der Waals surface area contributed by atoms with Gasteiger partial charge < -0.3 is 10.0 Å². The first-order valence-electron chi connectivity index (χ1n) is 8.74. The molecule has 27 heavy (non-hydrogen) atoms. The van der Waals surface area contributed by atoms with E-state index in [1.165, 1.54) is 28.4 Å². The van der Waals surface area contributed by atoms with Gasteiger partial charge in [0.25, 0.3) is 5.69 Å². The molecular weight excluding hydrogens is 374 g/mol. The number of nitrogens with zero attached hydrogens (tertiary/aromatic N) is 3. The van der Waals surface area contributed by atoms with Crippen molar-refractivity contribution in [1.82, 2.24) is 4.31 Å². The second kappa shape index (κ2) is 8.22. The van der Waals surface area contributed by atoms with Crippen molar-refractivity contribution in [2.24, 2.45) is 11.8 Å². The Morgan fingerprint density at radius 3 is 2.44 bits per heavy atom. The molecule has 2 atom stereocenters. The van der Waals surface area contributed by atoms with Gasteiger partial charge in [-0.05, 0) is 30.4 Å². The Balaban J connectivity index is 2.36. The lowest BCUT2D eigenvalue weighted by Crippen LogP contribution is -2.42. The monoisotopic (exact) mass is 399 g/mol. The highest BCUT2D eigenvalue weighted by Gasteiger charge is 2.33. The van der Waals surface area contributed by atoms with Gasteiger partial charge in [0.15, 0.2) is 0 Å². The maximum Gasteiger partial charge on any atom is 0.305 e. The Morgan fingerprint density at radius 2 is 1.93 bits per heavy atom. The van der Waals surface area contributed by atoms with Crippen molar-refractivity contribution >= 4 is 27.4 Å². The van der Waals surface area contributed by atoms with Crippen LogP contribution in [0.5, 0.6) is 0 Å². The number of anilines is 1. The molecular formula is C17H25N3O6S. The minimum absolute atomic E-state index is 0.0728. The van der Waals surface area contributed by atoms with Crippen LogP contribution in [-0.4, -0.2) is 55.4 Å². The largest absolute Gasteiger partial charge is 0.481 e.